The molecule has 0 aliphatic heterocycles. The molecule has 0 radical (unpaired) electrons. The molecule has 1 rings (SSSR count). The highest BCUT2D eigenvalue weighted by Crippen LogP contribution is 2.21. The number of carbonyl (C=O) groups is 1. The fourth-order valence-corrected chi connectivity index (χ4v) is 1.68. The lowest BCUT2D eigenvalue weighted by Crippen LogP contribution is -2.09. The fourth-order valence-electron chi connectivity index (χ4n) is 0.861. The molecule has 0 amide bonds. The van der Waals surface area contributed by atoms with Crippen LogP contribution in [-0.4, -0.2) is 16.1 Å². The molecule has 0 saturated carbocycles. The number of carboxylic acid groups (broad SMARTS) is 1. The molecule has 0 fully saturated rings. The summed E-state index contributed by atoms with van der Waals surface area (Å²) < 4.78 is 0. The summed E-state index contributed by atoms with van der Waals surface area (Å²) in [5.41, 5.74) is 0. The molecule has 0 aliphatic rings. The van der Waals surface area contributed by atoms with Crippen LogP contribution in [-0.2, 0) is 4.79 Å². The molecule has 1 aromatic heterocycles. The Balaban J connectivity index is 2.79. The van der Waals surface area contributed by atoms with E-state index in [4.69, 9.17) is 5.11 Å². The number of thiazole rings is 1. The van der Waals surface area contributed by atoms with Crippen molar-refractivity contribution in [2.45, 2.75) is 19.3 Å². The van der Waals surface area contributed by atoms with Crippen molar-refractivity contribution in [3.05, 3.63) is 16.6 Å². The first-order valence-corrected chi connectivity index (χ1v) is 4.26. The first-order chi connectivity index (χ1) is 5.25. The van der Waals surface area contributed by atoms with E-state index in [0.29, 0.717) is 11.4 Å². The van der Waals surface area contributed by atoms with Crippen LogP contribution >= 0.6 is 11.3 Å². The van der Waals surface area contributed by atoms with Gasteiger partial charge in [-0.25, -0.2) is 4.98 Å². The van der Waals surface area contributed by atoms with Gasteiger partial charge in [-0.2, -0.15) is 0 Å². The number of aliphatic carboxylic acids is 1. The number of hydrogen-bond acceptors (Lipinski definition) is 3. The van der Waals surface area contributed by atoms with Crippen LogP contribution in [0.4, 0.5) is 0 Å². The summed E-state index contributed by atoms with van der Waals surface area (Å²) in [6.45, 7) is 1.85. The normalized spacial score (nSPS) is 12.8. The van der Waals surface area contributed by atoms with Crippen molar-refractivity contribution in [2.24, 2.45) is 0 Å². The second-order valence-corrected chi connectivity index (χ2v) is 3.10. The minimum absolute atomic E-state index is 0.421. The topological polar surface area (TPSA) is 50.2 Å². The van der Waals surface area contributed by atoms with E-state index in [2.05, 4.69) is 4.98 Å². The Hall–Kier alpha value is -0.900. The van der Waals surface area contributed by atoms with Gasteiger partial charge in [-0.3, -0.25) is 4.79 Å². The van der Waals surface area contributed by atoms with E-state index in [1.54, 1.807) is 11.6 Å². The van der Waals surface area contributed by atoms with Crippen LogP contribution in [0.1, 0.15) is 24.3 Å². The largest absolute Gasteiger partial charge is 0.481 e. The van der Waals surface area contributed by atoms with Crippen LogP contribution in [0.5, 0.6) is 0 Å². The smallest absolute Gasteiger partial charge is 0.313 e. The van der Waals surface area contributed by atoms with Gasteiger partial charge in [-0.1, -0.05) is 6.92 Å². The summed E-state index contributed by atoms with van der Waals surface area (Å²) >= 11 is 1.39. The van der Waals surface area contributed by atoms with Crippen molar-refractivity contribution in [2.75, 3.05) is 0 Å². The molecule has 3 nitrogen and oxygen atoms in total. The lowest BCUT2D eigenvalue weighted by Gasteiger charge is -2.03. The van der Waals surface area contributed by atoms with Crippen LogP contribution in [0.3, 0.4) is 0 Å². The summed E-state index contributed by atoms with van der Waals surface area (Å²) in [5, 5.41) is 11.2. The molecule has 60 valence electrons. The zero-order valence-corrected chi connectivity index (χ0v) is 6.97. The van der Waals surface area contributed by atoms with Gasteiger partial charge in [-0.05, 0) is 6.42 Å². The average molecular weight is 171 g/mol. The van der Waals surface area contributed by atoms with E-state index in [1.807, 2.05) is 6.92 Å². The predicted octanol–water partition coefficient (Wildman–Crippen LogP) is 1.72. The Kier molecular flexibility index (Phi) is 2.59. The zero-order chi connectivity index (χ0) is 8.27. The highest BCUT2D eigenvalue weighted by molar-refractivity contribution is 7.09. The summed E-state index contributed by atoms with van der Waals surface area (Å²) in [6.07, 6.45) is 2.23. The number of carboxylic acids is 1. The molecule has 1 N–H and O–H groups in total. The van der Waals surface area contributed by atoms with Crippen molar-refractivity contribution in [3.63, 3.8) is 0 Å². The maximum Gasteiger partial charge on any atom is 0.313 e. The van der Waals surface area contributed by atoms with Crippen LogP contribution in [0.25, 0.3) is 0 Å². The van der Waals surface area contributed by atoms with E-state index >= 15 is 0 Å². The second kappa shape index (κ2) is 3.48. The van der Waals surface area contributed by atoms with Crippen molar-refractivity contribution >= 4 is 17.3 Å². The Morgan fingerprint density at radius 2 is 2.64 bits per heavy atom. The number of nitrogens with zero attached hydrogens (tertiary/aromatic N) is 1. The maximum absolute atomic E-state index is 10.6. The van der Waals surface area contributed by atoms with E-state index in [1.165, 1.54) is 11.3 Å². The first kappa shape index (κ1) is 8.20. The predicted molar refractivity (Wildman–Crippen MR) is 42.8 cm³/mol. The van der Waals surface area contributed by atoms with Crippen molar-refractivity contribution in [3.8, 4) is 0 Å². The SMILES string of the molecule is CCC(C(=O)O)c1nccs1. The molecule has 0 saturated heterocycles. The quantitative estimate of drug-likeness (QED) is 0.753. The third-order valence-corrected chi connectivity index (χ3v) is 2.35. The molecule has 0 aliphatic carbocycles. The van der Waals surface area contributed by atoms with Gasteiger partial charge in [0.05, 0.1) is 0 Å². The fraction of sp³-hybridized carbons (Fsp3) is 0.429. The maximum atomic E-state index is 10.6. The summed E-state index contributed by atoms with van der Waals surface area (Å²) in [7, 11) is 0. The molecular formula is C7H9NO2S. The number of aromatic nitrogens is 1. The third-order valence-electron chi connectivity index (χ3n) is 1.46. The van der Waals surface area contributed by atoms with E-state index in [-0.39, 0.29) is 0 Å². The Morgan fingerprint density at radius 1 is 1.91 bits per heavy atom. The van der Waals surface area contributed by atoms with Crippen LogP contribution in [0.15, 0.2) is 11.6 Å². The molecule has 4 heteroatoms. The summed E-state index contributed by atoms with van der Waals surface area (Å²) in [5.74, 6) is -1.21. The second-order valence-electron chi connectivity index (χ2n) is 2.17. The van der Waals surface area contributed by atoms with Gasteiger partial charge < -0.3 is 5.11 Å². The number of rotatable bonds is 3. The van der Waals surface area contributed by atoms with Gasteiger partial charge in [-0.15, -0.1) is 11.3 Å². The third kappa shape index (κ3) is 1.77. The minimum atomic E-state index is -0.789. The molecule has 1 heterocycles. The van der Waals surface area contributed by atoms with Crippen LogP contribution < -0.4 is 0 Å². The van der Waals surface area contributed by atoms with Crippen molar-refractivity contribution in [1.82, 2.24) is 4.98 Å². The summed E-state index contributed by atoms with van der Waals surface area (Å²) in [6, 6.07) is 0. The molecule has 0 bridgehead atoms. The van der Waals surface area contributed by atoms with Crippen LogP contribution in [0, 0.1) is 0 Å². The monoisotopic (exact) mass is 171 g/mol. The van der Waals surface area contributed by atoms with E-state index in [9.17, 15) is 4.79 Å². The Bertz CT molecular complexity index is 233. The van der Waals surface area contributed by atoms with Crippen molar-refractivity contribution in [1.29, 1.82) is 0 Å². The average Bonchev–Trinajstić information content (AvgIpc) is 2.40. The van der Waals surface area contributed by atoms with Crippen LogP contribution in [0.2, 0.25) is 0 Å². The van der Waals surface area contributed by atoms with E-state index in [0.717, 1.165) is 0 Å². The highest BCUT2D eigenvalue weighted by Gasteiger charge is 2.19. The zero-order valence-electron chi connectivity index (χ0n) is 6.15. The Labute approximate surface area is 68.7 Å². The standard InChI is InChI=1S/C7H9NO2S/c1-2-5(7(9)10)6-8-3-4-11-6/h3-5H,2H2,1H3,(H,9,10). The van der Waals surface area contributed by atoms with Crippen molar-refractivity contribution < 1.29 is 9.90 Å². The van der Waals surface area contributed by atoms with E-state index < -0.39 is 11.9 Å². The molecule has 1 aromatic rings. The molecule has 0 spiro atoms. The number of hydrogen-bond donors (Lipinski definition) is 1. The molecule has 1 unspecified atom stereocenters. The lowest BCUT2D eigenvalue weighted by molar-refractivity contribution is -0.138. The molecule has 0 aromatic carbocycles. The van der Waals surface area contributed by atoms with Gasteiger partial charge >= 0.3 is 5.97 Å². The summed E-state index contributed by atoms with van der Waals surface area (Å²) in [4.78, 5) is 14.5. The molecule has 1 atom stereocenters. The highest BCUT2D eigenvalue weighted by atomic mass is 32.1. The molecular weight excluding hydrogens is 162 g/mol. The van der Waals surface area contributed by atoms with Gasteiger partial charge in [0, 0.05) is 11.6 Å². The van der Waals surface area contributed by atoms with Gasteiger partial charge in [0.2, 0.25) is 0 Å². The minimum Gasteiger partial charge on any atom is -0.481 e. The lowest BCUT2D eigenvalue weighted by atomic mass is 10.1. The van der Waals surface area contributed by atoms with Gasteiger partial charge in [0.25, 0.3) is 0 Å². The molecule has 11 heavy (non-hydrogen) atoms. The Morgan fingerprint density at radius 3 is 3.00 bits per heavy atom. The van der Waals surface area contributed by atoms with Gasteiger partial charge in [0.1, 0.15) is 10.9 Å². The first-order valence-electron chi connectivity index (χ1n) is 3.38. The van der Waals surface area contributed by atoms with Gasteiger partial charge in [0.15, 0.2) is 0 Å².